The number of fused-ring (bicyclic) bond motifs is 1. The Balaban J connectivity index is 1.92. The largest absolute Gasteiger partial charge is 0.487 e. The Morgan fingerprint density at radius 3 is 2.70 bits per heavy atom. The van der Waals surface area contributed by atoms with Crippen LogP contribution in [0.1, 0.15) is 52.0 Å². The summed E-state index contributed by atoms with van der Waals surface area (Å²) in [6, 6.07) is 4.51. The predicted molar refractivity (Wildman–Crippen MR) is 129 cm³/mol. The second kappa shape index (κ2) is 10.9. The first-order chi connectivity index (χ1) is 15.7. The van der Waals surface area contributed by atoms with Gasteiger partial charge in [0.1, 0.15) is 16.7 Å². The number of benzene rings is 1. The van der Waals surface area contributed by atoms with Crippen LogP contribution >= 0.6 is 0 Å². The molecule has 1 aromatic carbocycles. The molecule has 3 atom stereocenters. The third kappa shape index (κ3) is 5.88. The van der Waals surface area contributed by atoms with Crippen LogP contribution in [0.3, 0.4) is 0 Å². The van der Waals surface area contributed by atoms with Crippen molar-refractivity contribution in [3.05, 3.63) is 29.8 Å². The van der Waals surface area contributed by atoms with Gasteiger partial charge in [-0.05, 0) is 44.4 Å². The lowest BCUT2D eigenvalue weighted by molar-refractivity contribution is 0.0808. The SMILES string of the molecule is C/C=C/c1ccc2c(c1)O[C@H](CN(C)C(=O)NC1CCCC1)[C@@H](C)CN([C@@H](C)CO)S2(=O)=O. The zero-order valence-electron chi connectivity index (χ0n) is 20.0. The molecule has 1 fully saturated rings. The summed E-state index contributed by atoms with van der Waals surface area (Å²) in [6.07, 6.45) is 7.61. The van der Waals surface area contributed by atoms with Gasteiger partial charge < -0.3 is 20.1 Å². The maximum absolute atomic E-state index is 13.5. The highest BCUT2D eigenvalue weighted by Crippen LogP contribution is 2.34. The Bertz CT molecular complexity index is 959. The first-order valence-corrected chi connectivity index (χ1v) is 13.2. The number of amides is 2. The number of carbonyl (C=O) groups is 1. The number of urea groups is 1. The molecular weight excluding hydrogens is 442 g/mol. The van der Waals surface area contributed by atoms with Crippen LogP contribution in [-0.4, -0.2) is 73.7 Å². The van der Waals surface area contributed by atoms with Crippen LogP contribution in [0.15, 0.2) is 29.2 Å². The summed E-state index contributed by atoms with van der Waals surface area (Å²) in [7, 11) is -2.13. The summed E-state index contributed by atoms with van der Waals surface area (Å²) >= 11 is 0. The van der Waals surface area contributed by atoms with Gasteiger partial charge >= 0.3 is 6.03 Å². The smallest absolute Gasteiger partial charge is 0.317 e. The average molecular weight is 480 g/mol. The molecule has 1 aliphatic carbocycles. The van der Waals surface area contributed by atoms with Crippen LogP contribution in [0, 0.1) is 5.92 Å². The highest BCUT2D eigenvalue weighted by molar-refractivity contribution is 7.89. The number of ether oxygens (including phenoxy) is 1. The minimum atomic E-state index is -3.87. The summed E-state index contributed by atoms with van der Waals surface area (Å²) in [6.45, 7) is 5.71. The Hall–Kier alpha value is -2.10. The molecule has 9 heteroatoms. The summed E-state index contributed by atoms with van der Waals surface area (Å²) in [4.78, 5) is 14.4. The summed E-state index contributed by atoms with van der Waals surface area (Å²) in [5.74, 6) is 0.0518. The van der Waals surface area contributed by atoms with Gasteiger partial charge in [-0.1, -0.05) is 38.0 Å². The fourth-order valence-electron chi connectivity index (χ4n) is 4.46. The Morgan fingerprint density at radius 2 is 2.06 bits per heavy atom. The molecular formula is C24H37N3O5S. The van der Waals surface area contributed by atoms with Crippen molar-refractivity contribution in [2.45, 2.75) is 69.5 Å². The minimum Gasteiger partial charge on any atom is -0.487 e. The second-order valence-electron chi connectivity index (χ2n) is 9.26. The normalized spacial score (nSPS) is 24.5. The third-order valence-electron chi connectivity index (χ3n) is 6.53. The Morgan fingerprint density at radius 1 is 1.36 bits per heavy atom. The molecule has 1 aromatic rings. The van der Waals surface area contributed by atoms with Gasteiger partial charge in [-0.25, -0.2) is 13.2 Å². The van der Waals surface area contributed by atoms with Gasteiger partial charge in [-0.3, -0.25) is 0 Å². The molecule has 2 N–H and O–H groups in total. The third-order valence-corrected chi connectivity index (χ3v) is 8.55. The molecule has 1 saturated carbocycles. The monoisotopic (exact) mass is 479 g/mol. The molecule has 2 aliphatic rings. The van der Waals surface area contributed by atoms with Crippen LogP contribution in [-0.2, 0) is 10.0 Å². The van der Waals surface area contributed by atoms with Gasteiger partial charge in [0.15, 0.2) is 0 Å². The lowest BCUT2D eigenvalue weighted by Crippen LogP contribution is -2.51. The Labute approximate surface area is 197 Å². The number of sulfonamides is 1. The van der Waals surface area contributed by atoms with Gasteiger partial charge in [-0.15, -0.1) is 0 Å². The highest BCUT2D eigenvalue weighted by Gasteiger charge is 2.38. The summed E-state index contributed by atoms with van der Waals surface area (Å²) in [5, 5.41) is 12.8. The van der Waals surface area contributed by atoms with Crippen molar-refractivity contribution in [2.24, 2.45) is 5.92 Å². The molecule has 184 valence electrons. The molecule has 8 nitrogen and oxygen atoms in total. The van der Waals surface area contributed by atoms with E-state index in [1.807, 2.05) is 26.0 Å². The van der Waals surface area contributed by atoms with Crippen molar-refractivity contribution in [3.8, 4) is 5.75 Å². The molecule has 1 heterocycles. The Kier molecular flexibility index (Phi) is 8.42. The van der Waals surface area contributed by atoms with Crippen LogP contribution in [0.2, 0.25) is 0 Å². The standard InChI is InChI=1S/C24H37N3O5S/c1-5-8-19-11-12-23-21(13-19)32-22(15-26(4)24(29)25-20-9-6-7-10-20)17(2)14-27(18(3)16-28)33(23,30)31/h5,8,11-13,17-18,20,22,28H,6-7,9-10,14-16H2,1-4H3,(H,25,29)/b8-5+/t17-,18-,22+/m0/s1. The molecule has 0 aromatic heterocycles. The number of carbonyl (C=O) groups excluding carboxylic acids is 1. The van der Waals surface area contributed by atoms with E-state index in [4.69, 9.17) is 4.74 Å². The molecule has 1 aliphatic heterocycles. The molecule has 0 radical (unpaired) electrons. The average Bonchev–Trinajstić information content (AvgIpc) is 3.28. The molecule has 3 rings (SSSR count). The number of hydrogen-bond acceptors (Lipinski definition) is 5. The number of rotatable bonds is 6. The van der Waals surface area contributed by atoms with Crippen molar-refractivity contribution in [3.63, 3.8) is 0 Å². The number of hydrogen-bond donors (Lipinski definition) is 2. The number of nitrogens with one attached hydrogen (secondary N) is 1. The lowest BCUT2D eigenvalue weighted by atomic mass is 10.0. The maximum atomic E-state index is 13.5. The first-order valence-electron chi connectivity index (χ1n) is 11.7. The fraction of sp³-hybridized carbons (Fsp3) is 0.625. The molecule has 2 amide bonds. The molecule has 0 saturated heterocycles. The number of nitrogens with zero attached hydrogens (tertiary/aromatic N) is 2. The van der Waals surface area contributed by atoms with Crippen LogP contribution in [0.4, 0.5) is 4.79 Å². The minimum absolute atomic E-state index is 0.0750. The maximum Gasteiger partial charge on any atom is 0.317 e. The first kappa shape index (κ1) is 25.5. The predicted octanol–water partition coefficient (Wildman–Crippen LogP) is 3.07. The van der Waals surface area contributed by atoms with E-state index in [0.29, 0.717) is 6.54 Å². The number of aliphatic hydroxyl groups excluding tert-OH is 1. The molecule has 33 heavy (non-hydrogen) atoms. The van der Waals surface area contributed by atoms with Crippen LogP contribution in [0.25, 0.3) is 6.08 Å². The van der Waals surface area contributed by atoms with E-state index in [1.165, 1.54) is 4.31 Å². The molecule has 0 spiro atoms. The quantitative estimate of drug-likeness (QED) is 0.653. The second-order valence-corrected chi connectivity index (χ2v) is 11.1. The van der Waals surface area contributed by atoms with Crippen molar-refractivity contribution >= 4 is 22.1 Å². The van der Waals surface area contributed by atoms with E-state index in [1.54, 1.807) is 37.1 Å². The number of allylic oxidation sites excluding steroid dienone is 1. The van der Waals surface area contributed by atoms with E-state index in [-0.39, 0.29) is 41.8 Å². The van der Waals surface area contributed by atoms with Gasteiger partial charge in [0.25, 0.3) is 0 Å². The topological polar surface area (TPSA) is 99.2 Å². The zero-order valence-corrected chi connectivity index (χ0v) is 20.8. The highest BCUT2D eigenvalue weighted by atomic mass is 32.2. The van der Waals surface area contributed by atoms with Gasteiger partial charge in [0, 0.05) is 31.6 Å². The number of aliphatic hydroxyl groups is 1. The van der Waals surface area contributed by atoms with Crippen LogP contribution in [0.5, 0.6) is 5.75 Å². The summed E-state index contributed by atoms with van der Waals surface area (Å²) in [5.41, 5.74) is 0.826. The zero-order chi connectivity index (χ0) is 24.2. The van der Waals surface area contributed by atoms with E-state index >= 15 is 0 Å². The van der Waals surface area contributed by atoms with Gasteiger partial charge in [0.2, 0.25) is 10.0 Å². The van der Waals surface area contributed by atoms with E-state index in [2.05, 4.69) is 5.32 Å². The van der Waals surface area contributed by atoms with Crippen molar-refractivity contribution in [2.75, 3.05) is 26.7 Å². The number of likely N-dealkylation sites (N-methyl/N-ethyl adjacent to an activating group) is 1. The van der Waals surface area contributed by atoms with Crippen molar-refractivity contribution in [1.82, 2.24) is 14.5 Å². The van der Waals surface area contributed by atoms with E-state index in [0.717, 1.165) is 31.2 Å². The van der Waals surface area contributed by atoms with E-state index in [9.17, 15) is 18.3 Å². The molecule has 0 bridgehead atoms. The van der Waals surface area contributed by atoms with Gasteiger partial charge in [-0.2, -0.15) is 4.31 Å². The van der Waals surface area contributed by atoms with Gasteiger partial charge in [0.05, 0.1) is 13.2 Å². The lowest BCUT2D eigenvalue weighted by Gasteiger charge is -2.37. The van der Waals surface area contributed by atoms with Crippen molar-refractivity contribution in [1.29, 1.82) is 0 Å². The van der Waals surface area contributed by atoms with E-state index < -0.39 is 22.2 Å². The van der Waals surface area contributed by atoms with Crippen LogP contribution < -0.4 is 10.1 Å². The summed E-state index contributed by atoms with van der Waals surface area (Å²) < 4.78 is 34.6. The van der Waals surface area contributed by atoms with Crippen molar-refractivity contribution < 1.29 is 23.1 Å². The molecule has 0 unspecified atom stereocenters. The fourth-order valence-corrected chi connectivity index (χ4v) is 6.29.